The van der Waals surface area contributed by atoms with E-state index in [1.54, 1.807) is 18.0 Å². The number of nitrogens with zero attached hydrogens (tertiary/aromatic N) is 2. The third-order valence-corrected chi connectivity index (χ3v) is 3.45. The number of thioether (sulfide) groups is 1. The van der Waals surface area contributed by atoms with E-state index in [9.17, 15) is 9.50 Å². The normalized spacial score (nSPS) is 25.8. The summed E-state index contributed by atoms with van der Waals surface area (Å²) >= 11 is 1.59. The first-order valence-corrected chi connectivity index (χ1v) is 6.50. The van der Waals surface area contributed by atoms with Crippen molar-refractivity contribution >= 4 is 17.4 Å². The zero-order valence-electron chi connectivity index (χ0n) is 9.14. The number of alkyl halides is 1. The van der Waals surface area contributed by atoms with Crippen molar-refractivity contribution in [1.82, 2.24) is 4.98 Å². The van der Waals surface area contributed by atoms with Gasteiger partial charge in [0.2, 0.25) is 0 Å². The number of aromatic nitrogens is 1. The van der Waals surface area contributed by atoms with Gasteiger partial charge >= 0.3 is 0 Å². The first-order valence-electron chi connectivity index (χ1n) is 5.28. The van der Waals surface area contributed by atoms with Gasteiger partial charge in [-0.1, -0.05) is 0 Å². The summed E-state index contributed by atoms with van der Waals surface area (Å²) in [7, 11) is 0. The lowest BCUT2D eigenvalue weighted by molar-refractivity contribution is 0.0645. The van der Waals surface area contributed by atoms with Gasteiger partial charge in [0.15, 0.2) is 0 Å². The molecule has 0 saturated carbocycles. The highest BCUT2D eigenvalue weighted by molar-refractivity contribution is 7.98. The van der Waals surface area contributed by atoms with Crippen molar-refractivity contribution in [2.24, 2.45) is 0 Å². The van der Waals surface area contributed by atoms with E-state index in [0.717, 1.165) is 10.7 Å². The minimum Gasteiger partial charge on any atom is -0.388 e. The fourth-order valence-electron chi connectivity index (χ4n) is 1.82. The molecule has 2 atom stereocenters. The lowest BCUT2D eigenvalue weighted by Crippen LogP contribution is -2.45. The van der Waals surface area contributed by atoms with Crippen LogP contribution in [0.4, 0.5) is 10.1 Å². The number of hydrogen-bond acceptors (Lipinski definition) is 4. The molecular weight excluding hydrogens is 227 g/mol. The van der Waals surface area contributed by atoms with E-state index in [2.05, 4.69) is 4.98 Å². The van der Waals surface area contributed by atoms with E-state index in [-0.39, 0.29) is 0 Å². The molecule has 16 heavy (non-hydrogen) atoms. The highest BCUT2D eigenvalue weighted by atomic mass is 32.2. The van der Waals surface area contributed by atoms with Gasteiger partial charge in [-0.25, -0.2) is 9.37 Å². The smallest absolute Gasteiger partial charge is 0.129 e. The van der Waals surface area contributed by atoms with Gasteiger partial charge in [0.25, 0.3) is 0 Å². The molecule has 0 radical (unpaired) electrons. The standard InChI is InChI=1S/C11H15FN2OS/c1-16-11-3-2-8(6-13-11)14-5-4-9(12)10(15)7-14/h2-3,6,9-10,15H,4-5,7H2,1H3/t9-,10-/m1/s1. The van der Waals surface area contributed by atoms with Crippen molar-refractivity contribution in [1.29, 1.82) is 0 Å². The molecule has 0 aromatic carbocycles. The Morgan fingerprint density at radius 1 is 1.56 bits per heavy atom. The summed E-state index contributed by atoms with van der Waals surface area (Å²) in [4.78, 5) is 6.23. The van der Waals surface area contributed by atoms with Crippen LogP contribution < -0.4 is 4.90 Å². The summed E-state index contributed by atoms with van der Waals surface area (Å²) in [5, 5.41) is 10.4. The average molecular weight is 242 g/mol. The first kappa shape index (κ1) is 11.7. The van der Waals surface area contributed by atoms with Gasteiger partial charge < -0.3 is 10.0 Å². The summed E-state index contributed by atoms with van der Waals surface area (Å²) in [6.45, 7) is 0.986. The predicted octanol–water partition coefficient (Wildman–Crippen LogP) is 1.71. The molecule has 0 aliphatic carbocycles. The lowest BCUT2D eigenvalue weighted by Gasteiger charge is -2.33. The number of aliphatic hydroxyl groups is 1. The Hall–Kier alpha value is -0.810. The van der Waals surface area contributed by atoms with E-state index in [1.165, 1.54) is 0 Å². The molecule has 5 heteroatoms. The molecular formula is C11H15FN2OS. The van der Waals surface area contributed by atoms with E-state index in [0.29, 0.717) is 19.5 Å². The van der Waals surface area contributed by atoms with Crippen LogP contribution in [0.3, 0.4) is 0 Å². The molecule has 2 heterocycles. The lowest BCUT2D eigenvalue weighted by atomic mass is 10.1. The van der Waals surface area contributed by atoms with Crippen molar-refractivity contribution in [2.75, 3.05) is 24.2 Å². The van der Waals surface area contributed by atoms with Crippen LogP contribution in [0.2, 0.25) is 0 Å². The Labute approximate surface area is 98.7 Å². The van der Waals surface area contributed by atoms with Crippen LogP contribution in [0.5, 0.6) is 0 Å². The van der Waals surface area contributed by atoms with Crippen LogP contribution in [0, 0.1) is 0 Å². The van der Waals surface area contributed by atoms with E-state index in [1.807, 2.05) is 23.3 Å². The molecule has 0 bridgehead atoms. The van der Waals surface area contributed by atoms with Gasteiger partial charge in [-0.15, -0.1) is 11.8 Å². The molecule has 1 fully saturated rings. The Balaban J connectivity index is 2.06. The highest BCUT2D eigenvalue weighted by Crippen LogP contribution is 2.22. The second-order valence-electron chi connectivity index (χ2n) is 3.88. The molecule has 1 N–H and O–H groups in total. The van der Waals surface area contributed by atoms with Crippen LogP contribution in [0.25, 0.3) is 0 Å². The van der Waals surface area contributed by atoms with Crippen LogP contribution in [-0.4, -0.2) is 41.7 Å². The minimum absolute atomic E-state index is 0.349. The Kier molecular flexibility index (Phi) is 3.66. The largest absolute Gasteiger partial charge is 0.388 e. The average Bonchev–Trinajstić information content (AvgIpc) is 2.33. The molecule has 88 valence electrons. The van der Waals surface area contributed by atoms with Crippen molar-refractivity contribution in [3.63, 3.8) is 0 Å². The number of piperidine rings is 1. The topological polar surface area (TPSA) is 36.4 Å². The molecule has 3 nitrogen and oxygen atoms in total. The fourth-order valence-corrected chi connectivity index (χ4v) is 2.18. The van der Waals surface area contributed by atoms with E-state index in [4.69, 9.17) is 0 Å². The van der Waals surface area contributed by atoms with Gasteiger partial charge in [-0.05, 0) is 24.8 Å². The third-order valence-electron chi connectivity index (χ3n) is 2.79. The van der Waals surface area contributed by atoms with Crippen LogP contribution in [0.15, 0.2) is 23.4 Å². The van der Waals surface area contributed by atoms with Crippen LogP contribution in [0.1, 0.15) is 6.42 Å². The summed E-state index contributed by atoms with van der Waals surface area (Å²) in [6, 6.07) is 3.90. The number of hydrogen-bond donors (Lipinski definition) is 1. The molecule has 0 spiro atoms. The molecule has 0 amide bonds. The summed E-state index contributed by atoms with van der Waals surface area (Å²) in [5.74, 6) is 0. The van der Waals surface area contributed by atoms with E-state index < -0.39 is 12.3 Å². The maximum absolute atomic E-state index is 13.1. The molecule has 1 saturated heterocycles. The maximum Gasteiger partial charge on any atom is 0.129 e. The summed E-state index contributed by atoms with van der Waals surface area (Å²) in [6.07, 6.45) is 2.16. The Morgan fingerprint density at radius 3 is 2.94 bits per heavy atom. The molecule has 1 aliphatic rings. The van der Waals surface area contributed by atoms with Crippen LogP contribution >= 0.6 is 11.8 Å². The number of anilines is 1. The van der Waals surface area contributed by atoms with Gasteiger partial charge in [0.05, 0.1) is 16.9 Å². The Bertz CT molecular complexity index is 346. The number of β-amino-alcohol motifs (C(OH)–C–C–N with tert-alkyl or cyclic N) is 1. The maximum atomic E-state index is 13.1. The van der Waals surface area contributed by atoms with Crippen molar-refractivity contribution in [3.05, 3.63) is 18.3 Å². The van der Waals surface area contributed by atoms with Crippen molar-refractivity contribution in [2.45, 2.75) is 23.7 Å². The monoisotopic (exact) mass is 242 g/mol. The van der Waals surface area contributed by atoms with Crippen molar-refractivity contribution in [3.8, 4) is 0 Å². The summed E-state index contributed by atoms with van der Waals surface area (Å²) in [5.41, 5.74) is 0.948. The quantitative estimate of drug-likeness (QED) is 0.801. The second-order valence-corrected chi connectivity index (χ2v) is 4.70. The first-order chi connectivity index (χ1) is 7.70. The highest BCUT2D eigenvalue weighted by Gasteiger charge is 2.27. The van der Waals surface area contributed by atoms with Gasteiger partial charge in [0.1, 0.15) is 12.3 Å². The van der Waals surface area contributed by atoms with Gasteiger partial charge in [-0.2, -0.15) is 0 Å². The number of rotatable bonds is 2. The molecule has 2 rings (SSSR count). The fraction of sp³-hybridized carbons (Fsp3) is 0.545. The molecule has 0 unspecified atom stereocenters. The van der Waals surface area contributed by atoms with Crippen LogP contribution in [-0.2, 0) is 0 Å². The number of pyridine rings is 1. The second kappa shape index (κ2) is 5.01. The van der Waals surface area contributed by atoms with Gasteiger partial charge in [0, 0.05) is 13.1 Å². The number of halogens is 1. The zero-order valence-corrected chi connectivity index (χ0v) is 9.95. The molecule has 1 aromatic rings. The predicted molar refractivity (Wildman–Crippen MR) is 63.8 cm³/mol. The molecule has 1 aliphatic heterocycles. The zero-order chi connectivity index (χ0) is 11.5. The minimum atomic E-state index is -1.09. The van der Waals surface area contributed by atoms with E-state index >= 15 is 0 Å². The number of aliphatic hydroxyl groups excluding tert-OH is 1. The van der Waals surface area contributed by atoms with Gasteiger partial charge in [-0.3, -0.25) is 0 Å². The Morgan fingerprint density at radius 2 is 2.38 bits per heavy atom. The molecule has 1 aromatic heterocycles. The summed E-state index contributed by atoms with van der Waals surface area (Å²) < 4.78 is 13.1. The third kappa shape index (κ3) is 2.47. The SMILES string of the molecule is CSc1ccc(N2CC[C@@H](F)[C@H](O)C2)cn1. The van der Waals surface area contributed by atoms with Crippen molar-refractivity contribution < 1.29 is 9.50 Å².